The number of nitrogens with zero attached hydrogens (tertiary/aromatic N) is 1. The number of allylic oxidation sites excluding steroid dienone is 4. The number of halogens is 1. The molecule has 0 aromatic heterocycles. The van der Waals surface area contributed by atoms with Crippen molar-refractivity contribution in [1.82, 2.24) is 10.7 Å². The van der Waals surface area contributed by atoms with E-state index in [1.807, 2.05) is 13.8 Å². The molecule has 5 aliphatic rings. The lowest BCUT2D eigenvalue weighted by Gasteiger charge is -2.60. The van der Waals surface area contributed by atoms with Gasteiger partial charge in [-0.3, -0.25) is 34.4 Å². The number of aliphatic hydroxyl groups excluding tert-OH is 1. The number of nitrogens with one attached hydrogen (secondary N) is 1. The van der Waals surface area contributed by atoms with Crippen LogP contribution in [0.25, 0.3) is 0 Å². The largest absolute Gasteiger partial charge is 0.456 e. The molecule has 0 radical (unpaired) electrons. The van der Waals surface area contributed by atoms with Gasteiger partial charge in [-0.25, -0.2) is 4.39 Å². The molecule has 9 atom stereocenters. The molecule has 1 heterocycles. The van der Waals surface area contributed by atoms with Crippen molar-refractivity contribution in [3.63, 3.8) is 0 Å². The van der Waals surface area contributed by atoms with Gasteiger partial charge in [0.2, 0.25) is 11.7 Å². The van der Waals surface area contributed by atoms with Crippen LogP contribution in [-0.4, -0.2) is 93.9 Å². The highest BCUT2D eigenvalue weighted by atomic mass is 19.1. The van der Waals surface area contributed by atoms with Gasteiger partial charge in [0.05, 0.1) is 24.2 Å². The van der Waals surface area contributed by atoms with Gasteiger partial charge in [0.15, 0.2) is 23.8 Å². The lowest BCUT2D eigenvalue weighted by molar-refractivity contribution is -0.492. The third kappa shape index (κ3) is 6.09. The number of rotatable bonds is 12. The Morgan fingerprint density at radius 1 is 1.13 bits per heavy atom. The number of carbonyl (C=O) groups excluding carboxylic acids is 4. The number of aliphatic hydroxyl groups is 1. The van der Waals surface area contributed by atoms with Crippen molar-refractivity contribution < 1.29 is 58.1 Å². The highest BCUT2D eigenvalue weighted by Crippen LogP contribution is 2.70. The molecular formula is C32H45FN2O11. The lowest BCUT2D eigenvalue weighted by atomic mass is 9.46. The number of esters is 1. The zero-order chi connectivity index (χ0) is 33.7. The second-order valence-electron chi connectivity index (χ2n) is 14.1. The van der Waals surface area contributed by atoms with Crippen LogP contribution in [0.5, 0.6) is 0 Å². The molecule has 256 valence electrons. The molecular weight excluding hydrogens is 607 g/mol. The first-order valence-electron chi connectivity index (χ1n) is 16.0. The molecule has 0 bridgehead atoms. The van der Waals surface area contributed by atoms with Crippen molar-refractivity contribution in [2.75, 3.05) is 19.8 Å². The van der Waals surface area contributed by atoms with E-state index in [2.05, 4.69) is 10.2 Å². The van der Waals surface area contributed by atoms with Crippen LogP contribution in [0, 0.1) is 28.6 Å². The summed E-state index contributed by atoms with van der Waals surface area (Å²) in [5, 5.41) is 30.8. The topological polar surface area (TPSA) is 181 Å². The standard InChI is InChI=1S/C32H45FN2O11/c1-29(2)45-25-14-20-19-13-22(33)21-12-18(36)9-10-30(21,3)28(19)23(37)15-31(20,4)32(25,46-29)24(38)17-43-27(40)16-34-26(39)8-6-5-7-11-44-35(41)42/h9-10,12,19-20,22-23,25,28,37,41-42H,5-8,11,13-17H2,1-4H3,(H,34,39)/t19-,20?,22?,23-,25+,28?,30-,31-,32+/m0/s1. The third-order valence-electron chi connectivity index (χ3n) is 10.9. The van der Waals surface area contributed by atoms with E-state index in [9.17, 15) is 24.3 Å². The molecule has 14 heteroatoms. The predicted molar refractivity (Wildman–Crippen MR) is 155 cm³/mol. The van der Waals surface area contributed by atoms with Crippen LogP contribution in [0.1, 0.15) is 72.6 Å². The van der Waals surface area contributed by atoms with Gasteiger partial charge in [-0.15, -0.1) is 0 Å². The second kappa shape index (κ2) is 12.8. The van der Waals surface area contributed by atoms with Gasteiger partial charge in [-0.2, -0.15) is 0 Å². The summed E-state index contributed by atoms with van der Waals surface area (Å²) in [7, 11) is 0. The Kier molecular flexibility index (Phi) is 9.66. The molecule has 5 rings (SSSR count). The Labute approximate surface area is 266 Å². The van der Waals surface area contributed by atoms with Gasteiger partial charge in [0.25, 0.3) is 0 Å². The second-order valence-corrected chi connectivity index (χ2v) is 14.1. The minimum absolute atomic E-state index is 0.0663. The number of unbranched alkanes of at least 4 members (excludes halogenated alkanes) is 2. The first kappa shape index (κ1) is 34.7. The highest BCUT2D eigenvalue weighted by molar-refractivity contribution is 6.01. The summed E-state index contributed by atoms with van der Waals surface area (Å²) in [5.74, 6) is -4.11. The van der Waals surface area contributed by atoms with Gasteiger partial charge >= 0.3 is 5.97 Å². The predicted octanol–water partition coefficient (Wildman–Crippen LogP) is 2.51. The van der Waals surface area contributed by atoms with E-state index in [0.717, 1.165) is 0 Å². The van der Waals surface area contributed by atoms with Crippen molar-refractivity contribution in [3.8, 4) is 0 Å². The molecule has 0 spiro atoms. The Bertz CT molecular complexity index is 1300. The minimum Gasteiger partial charge on any atom is -0.456 e. The van der Waals surface area contributed by atoms with Crippen molar-refractivity contribution in [3.05, 3.63) is 23.8 Å². The molecule has 3 saturated carbocycles. The number of ketones is 2. The van der Waals surface area contributed by atoms with E-state index in [1.165, 1.54) is 12.2 Å². The van der Waals surface area contributed by atoms with Crippen LogP contribution in [0.15, 0.2) is 23.8 Å². The van der Waals surface area contributed by atoms with E-state index in [-0.39, 0.29) is 60.7 Å². The Morgan fingerprint density at radius 3 is 2.59 bits per heavy atom. The SMILES string of the molecule is CC1(C)O[C@@H]2CC3[C@@H]4CC(F)C5=CC(=O)C=C[C@]5(C)C4[C@@H](O)C[C@]3(C)[C@]2(C(=O)COC(=O)CNC(=O)CCCCCON(O)O)O1. The Morgan fingerprint density at radius 2 is 1.87 bits per heavy atom. The van der Waals surface area contributed by atoms with Gasteiger partial charge in [-0.1, -0.05) is 26.3 Å². The summed E-state index contributed by atoms with van der Waals surface area (Å²) in [6.07, 6.45) is 3.78. The average molecular weight is 653 g/mol. The van der Waals surface area contributed by atoms with E-state index in [1.54, 1.807) is 19.9 Å². The maximum atomic E-state index is 15.8. The lowest BCUT2D eigenvalue weighted by Crippen LogP contribution is -2.64. The molecule has 4 fully saturated rings. The van der Waals surface area contributed by atoms with E-state index < -0.39 is 65.5 Å². The van der Waals surface area contributed by atoms with Crippen molar-refractivity contribution in [2.45, 2.75) is 102 Å². The first-order chi connectivity index (χ1) is 21.5. The van der Waals surface area contributed by atoms with E-state index >= 15 is 4.39 Å². The average Bonchev–Trinajstić information content (AvgIpc) is 3.38. The molecule has 3 unspecified atom stereocenters. The quantitative estimate of drug-likeness (QED) is 0.138. The summed E-state index contributed by atoms with van der Waals surface area (Å²) in [6.45, 7) is 6.12. The number of carbonyl (C=O) groups is 4. The highest BCUT2D eigenvalue weighted by Gasteiger charge is 2.77. The molecule has 1 aliphatic heterocycles. The zero-order valence-corrected chi connectivity index (χ0v) is 26.7. The minimum atomic E-state index is -1.56. The monoisotopic (exact) mass is 652 g/mol. The van der Waals surface area contributed by atoms with Gasteiger partial charge in [0, 0.05) is 23.2 Å². The van der Waals surface area contributed by atoms with Gasteiger partial charge < -0.3 is 24.6 Å². The van der Waals surface area contributed by atoms with E-state index in [0.29, 0.717) is 31.3 Å². The summed E-state index contributed by atoms with van der Waals surface area (Å²) in [5.41, 5.74) is -3.02. The van der Waals surface area contributed by atoms with Crippen molar-refractivity contribution >= 4 is 23.4 Å². The smallest absolute Gasteiger partial charge is 0.325 e. The fraction of sp³-hybridized carbons (Fsp3) is 0.750. The van der Waals surface area contributed by atoms with Crippen LogP contribution in [0.2, 0.25) is 0 Å². The molecule has 0 aromatic carbocycles. The number of alkyl halides is 1. The summed E-state index contributed by atoms with van der Waals surface area (Å²) in [4.78, 5) is 55.4. The van der Waals surface area contributed by atoms with Crippen LogP contribution in [0.3, 0.4) is 0 Å². The number of hydrogen-bond donors (Lipinski definition) is 4. The fourth-order valence-corrected chi connectivity index (χ4v) is 9.20. The molecule has 4 aliphatic carbocycles. The maximum Gasteiger partial charge on any atom is 0.325 e. The molecule has 1 saturated heterocycles. The zero-order valence-electron chi connectivity index (χ0n) is 26.7. The van der Waals surface area contributed by atoms with Crippen LogP contribution in [-0.2, 0) is 38.2 Å². The molecule has 13 nitrogen and oxygen atoms in total. The number of amides is 1. The maximum absolute atomic E-state index is 15.8. The Balaban J connectivity index is 1.25. The summed E-state index contributed by atoms with van der Waals surface area (Å²) >= 11 is 0. The number of ether oxygens (including phenoxy) is 3. The summed E-state index contributed by atoms with van der Waals surface area (Å²) < 4.78 is 33.8. The molecule has 0 aromatic rings. The number of fused-ring (bicyclic) bond motifs is 7. The number of hydrogen-bond acceptors (Lipinski definition) is 12. The van der Waals surface area contributed by atoms with Crippen LogP contribution >= 0.6 is 0 Å². The summed E-state index contributed by atoms with van der Waals surface area (Å²) in [6, 6.07) is 0. The first-order valence-corrected chi connectivity index (χ1v) is 16.0. The van der Waals surface area contributed by atoms with E-state index in [4.69, 9.17) is 24.6 Å². The molecule has 4 N–H and O–H groups in total. The fourth-order valence-electron chi connectivity index (χ4n) is 9.20. The Hall–Kier alpha value is -2.59. The molecule has 46 heavy (non-hydrogen) atoms. The number of Topliss-reactive ketones (excluding diaryl/α,β-unsaturated/α-hetero) is 1. The van der Waals surface area contributed by atoms with Crippen LogP contribution < -0.4 is 5.32 Å². The normalized spacial score (nSPS) is 38.8. The van der Waals surface area contributed by atoms with Crippen LogP contribution in [0.4, 0.5) is 4.39 Å². The van der Waals surface area contributed by atoms with Crippen molar-refractivity contribution in [1.29, 1.82) is 0 Å². The van der Waals surface area contributed by atoms with Crippen molar-refractivity contribution in [2.24, 2.45) is 28.6 Å². The third-order valence-corrected chi connectivity index (χ3v) is 10.9. The van der Waals surface area contributed by atoms with Gasteiger partial charge in [0.1, 0.15) is 12.7 Å². The van der Waals surface area contributed by atoms with Gasteiger partial charge in [-0.05, 0) is 75.5 Å². The molecule has 1 amide bonds.